The van der Waals surface area contributed by atoms with E-state index in [1.54, 1.807) is 31.2 Å². The van der Waals surface area contributed by atoms with Crippen LogP contribution in [0, 0.1) is 0 Å². The van der Waals surface area contributed by atoms with E-state index < -0.39 is 0 Å². The van der Waals surface area contributed by atoms with Crippen LogP contribution in [-0.4, -0.2) is 37.7 Å². The van der Waals surface area contributed by atoms with Crippen molar-refractivity contribution in [3.8, 4) is 0 Å². The molecule has 2 N–H and O–H groups in total. The van der Waals surface area contributed by atoms with Crippen molar-refractivity contribution in [3.63, 3.8) is 0 Å². The second-order valence-corrected chi connectivity index (χ2v) is 5.36. The lowest BCUT2D eigenvalue weighted by Crippen LogP contribution is -2.29. The average molecular weight is 350 g/mol. The largest absolute Gasteiger partial charge is 0.466 e. The smallest absolute Gasteiger partial charge is 0.338 e. The molecule has 1 aromatic rings. The number of ether oxygens (including phenoxy) is 2. The minimum atomic E-state index is -0.373. The van der Waals surface area contributed by atoms with Gasteiger partial charge in [0, 0.05) is 18.7 Å². The first-order valence-corrected chi connectivity index (χ1v) is 8.54. The van der Waals surface area contributed by atoms with Crippen molar-refractivity contribution in [1.29, 1.82) is 0 Å². The molecule has 1 aromatic carbocycles. The van der Waals surface area contributed by atoms with Crippen LogP contribution in [0.2, 0.25) is 0 Å². The van der Waals surface area contributed by atoms with Crippen LogP contribution >= 0.6 is 0 Å². The summed E-state index contributed by atoms with van der Waals surface area (Å²) in [7, 11) is 0. The molecule has 0 spiro atoms. The molecule has 0 aliphatic heterocycles. The molecule has 7 heteroatoms. The lowest BCUT2D eigenvalue weighted by Gasteiger charge is -2.08. The second-order valence-electron chi connectivity index (χ2n) is 5.36. The van der Waals surface area contributed by atoms with Gasteiger partial charge < -0.3 is 20.1 Å². The summed E-state index contributed by atoms with van der Waals surface area (Å²) in [5.74, 6) is -0.644. The standard InChI is InChI=1S/C18H26N2O5/c1-3-5-13-25-17(22)14-8-10-15(11-9-14)20-18(23)19-12-6-7-16(21)24-4-2/h8-11H,3-7,12-13H2,1-2H3,(H2,19,20,23). The molecular weight excluding hydrogens is 324 g/mol. The van der Waals surface area contributed by atoms with Gasteiger partial charge in [0.25, 0.3) is 0 Å². The molecule has 0 saturated carbocycles. The minimum absolute atomic E-state index is 0.267. The number of hydrogen-bond acceptors (Lipinski definition) is 5. The third-order valence-electron chi connectivity index (χ3n) is 3.26. The van der Waals surface area contributed by atoms with Gasteiger partial charge in [0.15, 0.2) is 0 Å². The summed E-state index contributed by atoms with van der Waals surface area (Å²) in [6.45, 7) is 4.90. The van der Waals surface area contributed by atoms with E-state index in [1.807, 2.05) is 6.92 Å². The number of hydrogen-bond donors (Lipinski definition) is 2. The first kappa shape index (κ1) is 20.5. The Labute approximate surface area is 148 Å². The molecule has 0 fully saturated rings. The molecule has 25 heavy (non-hydrogen) atoms. The predicted octanol–water partition coefficient (Wildman–Crippen LogP) is 3.11. The molecule has 0 saturated heterocycles. The number of carbonyl (C=O) groups is 3. The third kappa shape index (κ3) is 8.74. The molecule has 0 radical (unpaired) electrons. The Morgan fingerprint density at radius 1 is 1.00 bits per heavy atom. The Hall–Kier alpha value is -2.57. The second kappa shape index (κ2) is 11.9. The Balaban J connectivity index is 2.31. The lowest BCUT2D eigenvalue weighted by molar-refractivity contribution is -0.143. The van der Waals surface area contributed by atoms with E-state index in [9.17, 15) is 14.4 Å². The molecule has 0 bridgehead atoms. The van der Waals surface area contributed by atoms with Crippen molar-refractivity contribution in [3.05, 3.63) is 29.8 Å². The highest BCUT2D eigenvalue weighted by atomic mass is 16.5. The summed E-state index contributed by atoms with van der Waals surface area (Å²) in [4.78, 5) is 34.7. The molecule has 1 rings (SSSR count). The summed E-state index contributed by atoms with van der Waals surface area (Å²) in [5.41, 5.74) is 1.00. The molecule has 138 valence electrons. The fourth-order valence-electron chi connectivity index (χ4n) is 1.93. The zero-order valence-corrected chi connectivity index (χ0v) is 14.8. The first-order chi connectivity index (χ1) is 12.1. The monoisotopic (exact) mass is 350 g/mol. The maximum Gasteiger partial charge on any atom is 0.338 e. The number of amides is 2. The highest BCUT2D eigenvalue weighted by Gasteiger charge is 2.08. The van der Waals surface area contributed by atoms with E-state index >= 15 is 0 Å². The number of urea groups is 1. The van der Waals surface area contributed by atoms with E-state index in [-0.39, 0.29) is 24.4 Å². The molecule has 0 heterocycles. The number of nitrogens with one attached hydrogen (secondary N) is 2. The van der Waals surface area contributed by atoms with Crippen molar-refractivity contribution in [2.45, 2.75) is 39.5 Å². The maximum absolute atomic E-state index is 11.8. The zero-order chi connectivity index (χ0) is 18.5. The SMILES string of the molecule is CCCCOC(=O)c1ccc(NC(=O)NCCCC(=O)OCC)cc1. The summed E-state index contributed by atoms with van der Waals surface area (Å²) < 4.78 is 9.92. The average Bonchev–Trinajstić information content (AvgIpc) is 2.60. The predicted molar refractivity (Wildman–Crippen MR) is 94.5 cm³/mol. The van der Waals surface area contributed by atoms with E-state index in [2.05, 4.69) is 10.6 Å². The van der Waals surface area contributed by atoms with Gasteiger partial charge in [0.1, 0.15) is 0 Å². The minimum Gasteiger partial charge on any atom is -0.466 e. The normalized spacial score (nSPS) is 10.0. The van der Waals surface area contributed by atoms with Crippen LogP contribution in [0.3, 0.4) is 0 Å². The van der Waals surface area contributed by atoms with Gasteiger partial charge in [-0.2, -0.15) is 0 Å². The van der Waals surface area contributed by atoms with Gasteiger partial charge in [-0.3, -0.25) is 4.79 Å². The number of carbonyl (C=O) groups excluding carboxylic acids is 3. The number of anilines is 1. The van der Waals surface area contributed by atoms with Gasteiger partial charge >= 0.3 is 18.0 Å². The van der Waals surface area contributed by atoms with Crippen LogP contribution < -0.4 is 10.6 Å². The summed E-state index contributed by atoms with van der Waals surface area (Å²) in [6.07, 6.45) is 2.57. The van der Waals surface area contributed by atoms with Crippen molar-refractivity contribution >= 4 is 23.7 Å². The number of unbranched alkanes of at least 4 members (excludes halogenated alkanes) is 1. The van der Waals surface area contributed by atoms with Crippen molar-refractivity contribution in [2.24, 2.45) is 0 Å². The summed E-state index contributed by atoms with van der Waals surface area (Å²) in [6, 6.07) is 6.10. The molecule has 0 aliphatic rings. The van der Waals surface area contributed by atoms with E-state index in [4.69, 9.17) is 9.47 Å². The van der Waals surface area contributed by atoms with Gasteiger partial charge in [-0.05, 0) is 44.0 Å². The van der Waals surface area contributed by atoms with Gasteiger partial charge in [0.05, 0.1) is 18.8 Å². The molecule has 7 nitrogen and oxygen atoms in total. The highest BCUT2D eigenvalue weighted by Crippen LogP contribution is 2.10. The van der Waals surface area contributed by atoms with Crippen LogP contribution in [-0.2, 0) is 14.3 Å². The number of rotatable bonds is 10. The summed E-state index contributed by atoms with van der Waals surface area (Å²) in [5, 5.41) is 5.31. The van der Waals surface area contributed by atoms with Crippen LogP contribution in [0.15, 0.2) is 24.3 Å². The number of esters is 2. The zero-order valence-electron chi connectivity index (χ0n) is 14.8. The Kier molecular flexibility index (Phi) is 9.74. The molecular formula is C18H26N2O5. The maximum atomic E-state index is 11.8. The molecule has 0 aromatic heterocycles. The Morgan fingerprint density at radius 2 is 1.72 bits per heavy atom. The van der Waals surface area contributed by atoms with Crippen LogP contribution in [0.1, 0.15) is 49.9 Å². The Morgan fingerprint density at radius 3 is 2.36 bits per heavy atom. The van der Waals surface area contributed by atoms with Crippen molar-refractivity contribution in [2.75, 3.05) is 25.1 Å². The topological polar surface area (TPSA) is 93.7 Å². The van der Waals surface area contributed by atoms with E-state index in [1.165, 1.54) is 0 Å². The highest BCUT2D eigenvalue weighted by molar-refractivity contribution is 5.92. The molecule has 2 amide bonds. The molecule has 0 atom stereocenters. The van der Waals surface area contributed by atoms with Gasteiger partial charge in [-0.25, -0.2) is 9.59 Å². The van der Waals surface area contributed by atoms with Crippen molar-refractivity contribution < 1.29 is 23.9 Å². The number of benzene rings is 1. The third-order valence-corrected chi connectivity index (χ3v) is 3.26. The van der Waals surface area contributed by atoms with Gasteiger partial charge in [-0.15, -0.1) is 0 Å². The van der Waals surface area contributed by atoms with E-state index in [0.29, 0.717) is 37.4 Å². The fraction of sp³-hybridized carbons (Fsp3) is 0.500. The van der Waals surface area contributed by atoms with Gasteiger partial charge in [0.2, 0.25) is 0 Å². The first-order valence-electron chi connectivity index (χ1n) is 8.54. The Bertz CT molecular complexity index is 557. The lowest BCUT2D eigenvalue weighted by atomic mass is 10.2. The molecule has 0 aliphatic carbocycles. The van der Waals surface area contributed by atoms with E-state index in [0.717, 1.165) is 12.8 Å². The van der Waals surface area contributed by atoms with Crippen LogP contribution in [0.4, 0.5) is 10.5 Å². The van der Waals surface area contributed by atoms with Crippen LogP contribution in [0.5, 0.6) is 0 Å². The quantitative estimate of drug-likeness (QED) is 0.499. The van der Waals surface area contributed by atoms with Crippen molar-refractivity contribution in [1.82, 2.24) is 5.32 Å². The van der Waals surface area contributed by atoms with Gasteiger partial charge in [-0.1, -0.05) is 13.3 Å². The molecule has 0 unspecified atom stereocenters. The summed E-state index contributed by atoms with van der Waals surface area (Å²) >= 11 is 0. The van der Waals surface area contributed by atoms with Crippen LogP contribution in [0.25, 0.3) is 0 Å². The fourth-order valence-corrected chi connectivity index (χ4v) is 1.93.